The summed E-state index contributed by atoms with van der Waals surface area (Å²) in [5.41, 5.74) is 1.74. The number of hydrogen-bond donors (Lipinski definition) is 1. The van der Waals surface area contributed by atoms with E-state index < -0.39 is 5.97 Å². The number of carbonyl (C=O) groups is 1. The van der Waals surface area contributed by atoms with Gasteiger partial charge in [0.1, 0.15) is 18.0 Å². The Labute approximate surface area is 120 Å². The second kappa shape index (κ2) is 5.16. The van der Waals surface area contributed by atoms with E-state index in [0.717, 1.165) is 11.3 Å². The molecular weight excluding hydrogens is 268 g/mol. The fourth-order valence-electron chi connectivity index (χ4n) is 2.00. The van der Waals surface area contributed by atoms with Gasteiger partial charge < -0.3 is 5.11 Å². The zero-order valence-corrected chi connectivity index (χ0v) is 11.3. The summed E-state index contributed by atoms with van der Waals surface area (Å²) in [4.78, 5) is 23.5. The first-order chi connectivity index (χ1) is 10.1. The van der Waals surface area contributed by atoms with Crippen LogP contribution in [-0.4, -0.2) is 30.6 Å². The Morgan fingerprint density at radius 3 is 2.62 bits per heavy atom. The highest BCUT2D eigenvalue weighted by molar-refractivity contribution is 5.85. The third-order valence-electron chi connectivity index (χ3n) is 2.96. The summed E-state index contributed by atoms with van der Waals surface area (Å²) in [7, 11) is 0. The molecule has 0 saturated carbocycles. The number of carboxylic acids is 1. The van der Waals surface area contributed by atoms with E-state index >= 15 is 0 Å². The Morgan fingerprint density at radius 2 is 1.95 bits per heavy atom. The lowest BCUT2D eigenvalue weighted by atomic mass is 10.1. The standard InChI is InChI=1S/C15H12N4O2/c1-10-17-12(11-5-3-2-4-6-11)7-14(18-10)19-8-13(15(20)21)16-9-19/h2-9H,1H3,(H,20,21). The first-order valence-electron chi connectivity index (χ1n) is 6.32. The van der Waals surface area contributed by atoms with Crippen LogP contribution in [0, 0.1) is 6.92 Å². The van der Waals surface area contributed by atoms with Gasteiger partial charge in [0.2, 0.25) is 0 Å². The predicted octanol–water partition coefficient (Wildman–Crippen LogP) is 2.34. The molecule has 1 N–H and O–H groups in total. The van der Waals surface area contributed by atoms with E-state index in [1.165, 1.54) is 12.5 Å². The van der Waals surface area contributed by atoms with E-state index in [2.05, 4.69) is 15.0 Å². The van der Waals surface area contributed by atoms with Crippen LogP contribution in [0.4, 0.5) is 0 Å². The summed E-state index contributed by atoms with van der Waals surface area (Å²) in [6, 6.07) is 11.5. The summed E-state index contributed by atoms with van der Waals surface area (Å²) < 4.78 is 1.57. The van der Waals surface area contributed by atoms with E-state index in [1.54, 1.807) is 17.6 Å². The molecule has 0 amide bonds. The first kappa shape index (κ1) is 13.0. The largest absolute Gasteiger partial charge is 0.476 e. The van der Waals surface area contributed by atoms with Crippen molar-refractivity contribution < 1.29 is 9.90 Å². The Morgan fingerprint density at radius 1 is 1.19 bits per heavy atom. The highest BCUT2D eigenvalue weighted by Gasteiger charge is 2.10. The number of imidazole rings is 1. The molecular formula is C15H12N4O2. The predicted molar refractivity (Wildman–Crippen MR) is 76.3 cm³/mol. The second-order valence-electron chi connectivity index (χ2n) is 4.50. The van der Waals surface area contributed by atoms with Crippen LogP contribution < -0.4 is 0 Å². The molecule has 104 valence electrons. The van der Waals surface area contributed by atoms with Crippen molar-refractivity contribution in [3.63, 3.8) is 0 Å². The van der Waals surface area contributed by atoms with Gasteiger partial charge in [0.25, 0.3) is 0 Å². The summed E-state index contributed by atoms with van der Waals surface area (Å²) in [5, 5.41) is 8.92. The molecule has 3 aromatic rings. The fraction of sp³-hybridized carbons (Fsp3) is 0.0667. The first-order valence-corrected chi connectivity index (χ1v) is 6.32. The summed E-state index contributed by atoms with van der Waals surface area (Å²) >= 11 is 0. The summed E-state index contributed by atoms with van der Waals surface area (Å²) in [6.07, 6.45) is 2.86. The lowest BCUT2D eigenvalue weighted by molar-refractivity contribution is 0.0691. The topological polar surface area (TPSA) is 80.9 Å². The van der Waals surface area contributed by atoms with Gasteiger partial charge in [0.15, 0.2) is 5.69 Å². The van der Waals surface area contributed by atoms with Gasteiger partial charge >= 0.3 is 5.97 Å². The molecule has 6 nitrogen and oxygen atoms in total. The molecule has 0 unspecified atom stereocenters. The average Bonchev–Trinajstić information content (AvgIpc) is 2.98. The van der Waals surface area contributed by atoms with Gasteiger partial charge in [-0.25, -0.2) is 19.7 Å². The molecule has 3 rings (SSSR count). The van der Waals surface area contributed by atoms with E-state index in [9.17, 15) is 4.79 Å². The third-order valence-corrected chi connectivity index (χ3v) is 2.96. The summed E-state index contributed by atoms with van der Waals surface area (Å²) in [5.74, 6) is 0.126. The maximum absolute atomic E-state index is 10.9. The minimum atomic E-state index is -1.07. The van der Waals surface area contributed by atoms with Gasteiger partial charge in [-0.1, -0.05) is 30.3 Å². The van der Waals surface area contributed by atoms with Crippen molar-refractivity contribution in [2.45, 2.75) is 6.92 Å². The maximum Gasteiger partial charge on any atom is 0.356 e. The number of aromatic carboxylic acids is 1. The van der Waals surface area contributed by atoms with Crippen LogP contribution in [0.25, 0.3) is 17.1 Å². The second-order valence-corrected chi connectivity index (χ2v) is 4.50. The van der Waals surface area contributed by atoms with Gasteiger partial charge in [0, 0.05) is 17.8 Å². The number of benzene rings is 1. The van der Waals surface area contributed by atoms with Gasteiger partial charge in [0.05, 0.1) is 5.69 Å². The molecule has 0 bridgehead atoms. The quantitative estimate of drug-likeness (QED) is 0.796. The van der Waals surface area contributed by atoms with Crippen LogP contribution in [-0.2, 0) is 0 Å². The van der Waals surface area contributed by atoms with Crippen LogP contribution in [0.15, 0.2) is 48.9 Å². The number of carboxylic acid groups (broad SMARTS) is 1. The van der Waals surface area contributed by atoms with Crippen LogP contribution >= 0.6 is 0 Å². The lowest BCUT2D eigenvalue weighted by Gasteiger charge is -2.06. The molecule has 0 aliphatic carbocycles. The Kier molecular flexibility index (Phi) is 3.19. The van der Waals surface area contributed by atoms with E-state index in [4.69, 9.17) is 5.11 Å². The normalized spacial score (nSPS) is 10.5. The molecule has 0 radical (unpaired) electrons. The van der Waals surface area contributed by atoms with Crippen LogP contribution in [0.2, 0.25) is 0 Å². The monoisotopic (exact) mass is 280 g/mol. The molecule has 0 fully saturated rings. The highest BCUT2D eigenvalue weighted by atomic mass is 16.4. The van der Waals surface area contributed by atoms with Crippen molar-refractivity contribution >= 4 is 5.97 Å². The highest BCUT2D eigenvalue weighted by Crippen LogP contribution is 2.19. The SMILES string of the molecule is Cc1nc(-c2ccccc2)cc(-n2cnc(C(=O)O)c2)n1. The zero-order valence-electron chi connectivity index (χ0n) is 11.3. The number of hydrogen-bond acceptors (Lipinski definition) is 4. The van der Waals surface area contributed by atoms with Crippen molar-refractivity contribution in [1.29, 1.82) is 0 Å². The molecule has 0 atom stereocenters. The van der Waals surface area contributed by atoms with Gasteiger partial charge in [-0.3, -0.25) is 4.57 Å². The molecule has 0 saturated heterocycles. The summed E-state index contributed by atoms with van der Waals surface area (Å²) in [6.45, 7) is 1.80. The smallest absolute Gasteiger partial charge is 0.356 e. The molecule has 1 aromatic carbocycles. The van der Waals surface area contributed by atoms with E-state index in [-0.39, 0.29) is 5.69 Å². The number of rotatable bonds is 3. The van der Waals surface area contributed by atoms with Crippen molar-refractivity contribution in [1.82, 2.24) is 19.5 Å². The molecule has 0 spiro atoms. The minimum absolute atomic E-state index is 0.0208. The fourth-order valence-corrected chi connectivity index (χ4v) is 2.00. The van der Waals surface area contributed by atoms with Crippen molar-refractivity contribution in [2.24, 2.45) is 0 Å². The molecule has 2 aromatic heterocycles. The average molecular weight is 280 g/mol. The van der Waals surface area contributed by atoms with E-state index in [1.807, 2.05) is 30.3 Å². The molecule has 0 aliphatic heterocycles. The van der Waals surface area contributed by atoms with Crippen LogP contribution in [0.1, 0.15) is 16.3 Å². The number of nitrogens with zero attached hydrogens (tertiary/aromatic N) is 4. The number of aromatic nitrogens is 4. The lowest BCUT2D eigenvalue weighted by Crippen LogP contribution is -2.01. The Hall–Kier alpha value is -3.02. The van der Waals surface area contributed by atoms with Crippen LogP contribution in [0.5, 0.6) is 0 Å². The Balaban J connectivity index is 2.07. The number of aryl methyl sites for hydroxylation is 1. The van der Waals surface area contributed by atoms with Gasteiger partial charge in [-0.2, -0.15) is 0 Å². The third kappa shape index (κ3) is 2.64. The maximum atomic E-state index is 10.9. The van der Waals surface area contributed by atoms with Crippen molar-refractivity contribution in [2.75, 3.05) is 0 Å². The minimum Gasteiger partial charge on any atom is -0.476 e. The van der Waals surface area contributed by atoms with Crippen molar-refractivity contribution in [3.05, 3.63) is 60.4 Å². The van der Waals surface area contributed by atoms with Gasteiger partial charge in [-0.05, 0) is 6.92 Å². The molecule has 21 heavy (non-hydrogen) atoms. The van der Waals surface area contributed by atoms with Crippen LogP contribution in [0.3, 0.4) is 0 Å². The van der Waals surface area contributed by atoms with Crippen molar-refractivity contribution in [3.8, 4) is 17.1 Å². The van der Waals surface area contributed by atoms with Gasteiger partial charge in [-0.15, -0.1) is 0 Å². The molecule has 6 heteroatoms. The van der Waals surface area contributed by atoms with E-state index in [0.29, 0.717) is 11.6 Å². The Bertz CT molecular complexity index is 796. The molecule has 2 heterocycles. The zero-order chi connectivity index (χ0) is 14.8. The molecule has 0 aliphatic rings.